The molecule has 4 aliphatic rings. The van der Waals surface area contributed by atoms with Crippen molar-refractivity contribution in [3.8, 4) is 67.5 Å². The van der Waals surface area contributed by atoms with E-state index in [1.165, 1.54) is 55.6 Å². The van der Waals surface area contributed by atoms with Gasteiger partial charge in [-0.3, -0.25) is 0 Å². The number of rotatable bonds is 5. The van der Waals surface area contributed by atoms with E-state index in [1.54, 1.807) is 0 Å². The topological polar surface area (TPSA) is 21.7 Å². The fourth-order valence-corrected chi connectivity index (χ4v) is 12.8. The molecule has 2 aliphatic carbocycles. The van der Waals surface area contributed by atoms with E-state index in [2.05, 4.69) is 266 Å². The van der Waals surface area contributed by atoms with Crippen molar-refractivity contribution in [2.45, 2.75) is 10.8 Å². The van der Waals surface area contributed by atoms with Crippen LogP contribution in [-0.2, 0) is 10.8 Å². The van der Waals surface area contributed by atoms with E-state index in [9.17, 15) is 0 Å². The van der Waals surface area contributed by atoms with Gasteiger partial charge in [0.05, 0.1) is 22.2 Å². The van der Waals surface area contributed by atoms with Gasteiger partial charge in [-0.05, 0) is 104 Å². The van der Waals surface area contributed by atoms with Crippen LogP contribution in [-0.4, -0.2) is 0 Å². The van der Waals surface area contributed by atoms with Gasteiger partial charge in [-0.25, -0.2) is 0 Å². The van der Waals surface area contributed by atoms with Crippen LogP contribution in [0.3, 0.4) is 0 Å². The van der Waals surface area contributed by atoms with Crippen LogP contribution in [0.15, 0.2) is 261 Å². The Kier molecular flexibility index (Phi) is 8.49. The van der Waals surface area contributed by atoms with Crippen molar-refractivity contribution < 1.29 is 9.47 Å². The lowest BCUT2D eigenvalue weighted by atomic mass is 9.66. The molecule has 0 fully saturated rings. The van der Waals surface area contributed by atoms with Crippen molar-refractivity contribution in [2.24, 2.45) is 0 Å². The maximum atomic E-state index is 7.01. The lowest BCUT2D eigenvalue weighted by molar-refractivity contribution is 0.436. The molecule has 0 amide bonds. The maximum Gasteiger partial charge on any atom is 0.132 e. The molecule has 2 heterocycles. The van der Waals surface area contributed by atoms with Gasteiger partial charge in [0, 0.05) is 39.1 Å². The highest BCUT2D eigenvalue weighted by atomic mass is 16.5. The molecule has 2 aliphatic heterocycles. The predicted octanol–water partition coefficient (Wildman–Crippen LogP) is 17.4. The number of hydrogen-bond acceptors (Lipinski definition) is 3. The summed E-state index contributed by atoms with van der Waals surface area (Å²) in [7, 11) is 0. The molecule has 2 spiro atoms. The summed E-state index contributed by atoms with van der Waals surface area (Å²) in [6.45, 7) is 0. The van der Waals surface area contributed by atoms with Crippen molar-refractivity contribution in [2.75, 3.05) is 4.90 Å². The van der Waals surface area contributed by atoms with Crippen LogP contribution >= 0.6 is 0 Å². The van der Waals surface area contributed by atoms with Gasteiger partial charge in [-0.2, -0.15) is 0 Å². The molecule has 0 radical (unpaired) electrons. The standard InChI is InChI=1S/C68H43NO2/c1-2-19-44(20-3-1)45-37-39-46(40-38-45)48-21-7-14-32-60(48)69(47-41-42-65-59(43-47)67(55-28-11-15-34-62(55)71-65)52-25-8-4-22-49(52)50-23-5-9-26-53(50)67)61-33-18-31-58-66(61)51-24-6-10-27-54(51)68(58)56-29-12-16-35-63(56)70-64-36-17-13-30-57(64)68/h1-43H. The third-order valence-corrected chi connectivity index (χ3v) is 15.6. The summed E-state index contributed by atoms with van der Waals surface area (Å²) in [6, 6.07) is 95.2. The first-order valence-electron chi connectivity index (χ1n) is 24.5. The molecule has 11 aromatic carbocycles. The fraction of sp³-hybridized carbons (Fsp3) is 0.0294. The van der Waals surface area contributed by atoms with E-state index >= 15 is 0 Å². The number of benzene rings is 11. The van der Waals surface area contributed by atoms with Crippen LogP contribution in [0.2, 0.25) is 0 Å². The summed E-state index contributed by atoms with van der Waals surface area (Å²) in [6.07, 6.45) is 0. The Morgan fingerprint density at radius 3 is 1.27 bits per heavy atom. The second-order valence-electron chi connectivity index (χ2n) is 19.0. The highest BCUT2D eigenvalue weighted by Crippen LogP contribution is 2.66. The molecule has 332 valence electrons. The van der Waals surface area contributed by atoms with Crippen molar-refractivity contribution in [3.05, 3.63) is 305 Å². The molecule has 0 saturated heterocycles. The molecule has 3 heteroatoms. The summed E-state index contributed by atoms with van der Waals surface area (Å²) in [5.74, 6) is 3.47. The summed E-state index contributed by atoms with van der Waals surface area (Å²) in [5.41, 5.74) is 20.9. The Morgan fingerprint density at radius 1 is 0.254 bits per heavy atom. The molecule has 0 N–H and O–H groups in total. The van der Waals surface area contributed by atoms with Crippen LogP contribution < -0.4 is 14.4 Å². The normalized spacial score (nSPS) is 14.1. The van der Waals surface area contributed by atoms with E-state index in [4.69, 9.17) is 9.47 Å². The number of para-hydroxylation sites is 4. The van der Waals surface area contributed by atoms with Crippen LogP contribution in [0.4, 0.5) is 17.1 Å². The Hall–Kier alpha value is -9.18. The second-order valence-corrected chi connectivity index (χ2v) is 19.0. The number of nitrogens with zero attached hydrogens (tertiary/aromatic N) is 1. The minimum Gasteiger partial charge on any atom is -0.457 e. The van der Waals surface area contributed by atoms with Crippen LogP contribution in [0.25, 0.3) is 44.5 Å². The van der Waals surface area contributed by atoms with Crippen LogP contribution in [0, 0.1) is 0 Å². The zero-order valence-electron chi connectivity index (χ0n) is 38.6. The smallest absolute Gasteiger partial charge is 0.132 e. The highest BCUT2D eigenvalue weighted by molar-refractivity contribution is 6.01. The minimum absolute atomic E-state index is 0.638. The number of hydrogen-bond donors (Lipinski definition) is 0. The van der Waals surface area contributed by atoms with Crippen molar-refractivity contribution in [3.63, 3.8) is 0 Å². The summed E-state index contributed by atoms with van der Waals surface area (Å²) in [4.78, 5) is 2.52. The van der Waals surface area contributed by atoms with Gasteiger partial charge in [-0.1, -0.05) is 212 Å². The highest BCUT2D eigenvalue weighted by Gasteiger charge is 2.53. The van der Waals surface area contributed by atoms with E-state index in [0.717, 1.165) is 73.4 Å². The lowest BCUT2D eigenvalue weighted by Gasteiger charge is -2.40. The maximum absolute atomic E-state index is 7.01. The van der Waals surface area contributed by atoms with Crippen LogP contribution in [0.1, 0.15) is 44.5 Å². The van der Waals surface area contributed by atoms with Gasteiger partial charge in [0.25, 0.3) is 0 Å². The molecular formula is C68H43NO2. The SMILES string of the molecule is c1ccc(-c2ccc(-c3ccccc3N(c3ccc4c(c3)C3(c5ccccc5O4)c4ccccc4-c4ccccc43)c3cccc4c3-c3ccccc3C43c4ccccc4Oc4ccccc43)cc2)cc1. The molecule has 0 unspecified atom stereocenters. The van der Waals surface area contributed by atoms with Crippen molar-refractivity contribution >= 4 is 17.1 Å². The van der Waals surface area contributed by atoms with Gasteiger partial charge in [0.2, 0.25) is 0 Å². The van der Waals surface area contributed by atoms with Gasteiger partial charge in [-0.15, -0.1) is 0 Å². The monoisotopic (exact) mass is 905 g/mol. The minimum atomic E-state index is -0.642. The van der Waals surface area contributed by atoms with E-state index in [0.29, 0.717) is 0 Å². The molecular weight excluding hydrogens is 863 g/mol. The van der Waals surface area contributed by atoms with Gasteiger partial charge in [0.15, 0.2) is 0 Å². The van der Waals surface area contributed by atoms with E-state index in [1.807, 2.05) is 0 Å². The summed E-state index contributed by atoms with van der Waals surface area (Å²) < 4.78 is 13.8. The number of fused-ring (bicyclic) bond motifs is 18. The molecule has 0 saturated carbocycles. The predicted molar refractivity (Wildman–Crippen MR) is 287 cm³/mol. The molecule has 0 bridgehead atoms. The summed E-state index contributed by atoms with van der Waals surface area (Å²) in [5, 5.41) is 0. The Morgan fingerprint density at radius 2 is 0.662 bits per heavy atom. The van der Waals surface area contributed by atoms with E-state index < -0.39 is 10.8 Å². The molecule has 0 atom stereocenters. The third kappa shape index (κ3) is 5.43. The zero-order valence-corrected chi connectivity index (χ0v) is 38.6. The second kappa shape index (κ2) is 15.2. The first-order valence-corrected chi connectivity index (χ1v) is 24.5. The Bertz CT molecular complexity index is 3870. The largest absolute Gasteiger partial charge is 0.457 e. The molecule has 15 rings (SSSR count). The molecule has 0 aromatic heterocycles. The number of ether oxygens (including phenoxy) is 2. The van der Waals surface area contributed by atoms with Gasteiger partial charge in [0.1, 0.15) is 23.0 Å². The first kappa shape index (κ1) is 39.8. The molecule has 11 aromatic rings. The van der Waals surface area contributed by atoms with Crippen molar-refractivity contribution in [1.29, 1.82) is 0 Å². The van der Waals surface area contributed by atoms with E-state index in [-0.39, 0.29) is 0 Å². The lowest BCUT2D eigenvalue weighted by Crippen LogP contribution is -2.32. The average Bonchev–Trinajstić information content (AvgIpc) is 3.90. The fourth-order valence-electron chi connectivity index (χ4n) is 12.8. The Labute approximate surface area is 413 Å². The molecule has 3 nitrogen and oxygen atoms in total. The van der Waals surface area contributed by atoms with Gasteiger partial charge < -0.3 is 14.4 Å². The van der Waals surface area contributed by atoms with Crippen LogP contribution in [0.5, 0.6) is 23.0 Å². The zero-order chi connectivity index (χ0) is 46.7. The van der Waals surface area contributed by atoms with Gasteiger partial charge >= 0.3 is 0 Å². The van der Waals surface area contributed by atoms with Crippen molar-refractivity contribution in [1.82, 2.24) is 0 Å². The third-order valence-electron chi connectivity index (χ3n) is 15.6. The summed E-state index contributed by atoms with van der Waals surface area (Å²) >= 11 is 0. The average molecular weight is 906 g/mol. The first-order chi connectivity index (χ1) is 35.2. The quantitative estimate of drug-likeness (QED) is 0.172. The molecule has 71 heavy (non-hydrogen) atoms. The Balaban J connectivity index is 1.03. The number of anilines is 3.